The topological polar surface area (TPSA) is 26.3 Å². The normalized spacial score (nSPS) is 17.0. The standard InChI is InChI=1S/C21H29BrO2/c1-7-13(4)14-10-11-21(5,6)18-15(14)12-16(17(23)8-2)20(19(18)22)24-9-3/h10,12-13H,7-9,11H2,1-6H3. The van der Waals surface area contributed by atoms with Crippen molar-refractivity contribution >= 4 is 27.3 Å². The minimum atomic E-state index is 0.0186. The van der Waals surface area contributed by atoms with Crippen LogP contribution in [0.1, 0.15) is 82.3 Å². The van der Waals surface area contributed by atoms with Crippen LogP contribution in [0.3, 0.4) is 0 Å². The van der Waals surface area contributed by atoms with E-state index in [1.807, 2.05) is 13.8 Å². The van der Waals surface area contributed by atoms with Crippen molar-refractivity contribution in [3.05, 3.63) is 33.3 Å². The maximum atomic E-state index is 12.5. The van der Waals surface area contributed by atoms with Crippen molar-refractivity contribution in [2.24, 2.45) is 5.92 Å². The molecule has 0 fully saturated rings. The van der Waals surface area contributed by atoms with Crippen LogP contribution in [0, 0.1) is 5.92 Å². The summed E-state index contributed by atoms with van der Waals surface area (Å²) < 4.78 is 6.84. The van der Waals surface area contributed by atoms with Crippen LogP contribution < -0.4 is 4.74 Å². The average Bonchev–Trinajstić information content (AvgIpc) is 2.55. The fourth-order valence-corrected chi connectivity index (χ4v) is 4.55. The molecule has 0 saturated heterocycles. The second kappa shape index (κ2) is 7.43. The van der Waals surface area contributed by atoms with Gasteiger partial charge in [0.1, 0.15) is 5.75 Å². The molecule has 2 nitrogen and oxygen atoms in total. The van der Waals surface area contributed by atoms with Crippen LogP contribution >= 0.6 is 15.9 Å². The molecule has 0 heterocycles. The number of halogens is 1. The third kappa shape index (κ3) is 3.33. The molecular formula is C21H29BrO2. The summed E-state index contributed by atoms with van der Waals surface area (Å²) in [7, 11) is 0. The number of carbonyl (C=O) groups is 1. The molecule has 0 amide bonds. The number of fused-ring (bicyclic) bond motifs is 1. The summed E-state index contributed by atoms with van der Waals surface area (Å²) in [6, 6.07) is 2.08. The Kier molecular flexibility index (Phi) is 5.95. The van der Waals surface area contributed by atoms with Gasteiger partial charge in [0.2, 0.25) is 0 Å². The van der Waals surface area contributed by atoms with Crippen molar-refractivity contribution in [1.29, 1.82) is 0 Å². The van der Waals surface area contributed by atoms with E-state index in [1.165, 1.54) is 16.7 Å². The Hall–Kier alpha value is -1.09. The number of carbonyl (C=O) groups excluding carboxylic acids is 1. The number of benzene rings is 1. The van der Waals surface area contributed by atoms with Crippen LogP contribution in [0.4, 0.5) is 0 Å². The Labute approximate surface area is 154 Å². The first-order valence-corrected chi connectivity index (χ1v) is 9.81. The molecule has 1 aliphatic rings. The number of ether oxygens (including phenoxy) is 1. The summed E-state index contributed by atoms with van der Waals surface area (Å²) in [5.74, 6) is 1.32. The van der Waals surface area contributed by atoms with Crippen LogP contribution in [0.2, 0.25) is 0 Å². The van der Waals surface area contributed by atoms with Gasteiger partial charge in [-0.15, -0.1) is 0 Å². The number of hydrogen-bond acceptors (Lipinski definition) is 2. The lowest BCUT2D eigenvalue weighted by molar-refractivity contribution is 0.0984. The lowest BCUT2D eigenvalue weighted by atomic mass is 9.70. The van der Waals surface area contributed by atoms with Gasteiger partial charge in [0.25, 0.3) is 0 Å². The van der Waals surface area contributed by atoms with Crippen molar-refractivity contribution in [3.8, 4) is 5.75 Å². The molecule has 132 valence electrons. The van der Waals surface area contributed by atoms with E-state index in [9.17, 15) is 4.79 Å². The average molecular weight is 393 g/mol. The molecule has 24 heavy (non-hydrogen) atoms. The second-order valence-corrected chi connectivity index (χ2v) is 8.05. The van der Waals surface area contributed by atoms with E-state index in [2.05, 4.69) is 55.8 Å². The second-order valence-electron chi connectivity index (χ2n) is 7.26. The molecule has 0 radical (unpaired) electrons. The summed E-state index contributed by atoms with van der Waals surface area (Å²) in [5.41, 5.74) is 4.58. The van der Waals surface area contributed by atoms with Gasteiger partial charge in [0.15, 0.2) is 5.78 Å². The molecule has 1 atom stereocenters. The SMILES string of the molecule is CCOc1c(C(=O)CC)cc2c(c1Br)C(C)(C)CC=C2C(C)CC. The van der Waals surface area contributed by atoms with Gasteiger partial charge in [0, 0.05) is 6.42 Å². The third-order valence-corrected chi connectivity index (χ3v) is 5.85. The Balaban J connectivity index is 2.80. The number of rotatable bonds is 6. The lowest BCUT2D eigenvalue weighted by Crippen LogP contribution is -2.25. The lowest BCUT2D eigenvalue weighted by Gasteiger charge is -2.36. The van der Waals surface area contributed by atoms with E-state index in [0.717, 1.165) is 17.3 Å². The molecule has 0 spiro atoms. The minimum absolute atomic E-state index is 0.0186. The molecule has 0 N–H and O–H groups in total. The van der Waals surface area contributed by atoms with Crippen molar-refractivity contribution in [2.75, 3.05) is 6.61 Å². The highest BCUT2D eigenvalue weighted by Gasteiger charge is 2.34. The first-order valence-electron chi connectivity index (χ1n) is 9.01. The molecule has 1 unspecified atom stereocenters. The summed E-state index contributed by atoms with van der Waals surface area (Å²) >= 11 is 3.79. The van der Waals surface area contributed by atoms with E-state index in [1.54, 1.807) is 0 Å². The van der Waals surface area contributed by atoms with E-state index >= 15 is 0 Å². The van der Waals surface area contributed by atoms with Crippen LogP contribution in [-0.2, 0) is 5.41 Å². The Bertz CT molecular complexity index is 671. The molecule has 0 aliphatic heterocycles. The molecule has 0 bridgehead atoms. The minimum Gasteiger partial charge on any atom is -0.492 e. The predicted octanol–water partition coefficient (Wildman–Crippen LogP) is 6.55. The van der Waals surface area contributed by atoms with Gasteiger partial charge < -0.3 is 4.74 Å². The van der Waals surface area contributed by atoms with Gasteiger partial charge in [-0.05, 0) is 69.8 Å². The Morgan fingerprint density at radius 3 is 2.54 bits per heavy atom. The molecule has 2 rings (SSSR count). The van der Waals surface area contributed by atoms with Crippen molar-refractivity contribution in [1.82, 2.24) is 0 Å². The quantitative estimate of drug-likeness (QED) is 0.512. The van der Waals surface area contributed by atoms with Crippen LogP contribution in [0.5, 0.6) is 5.75 Å². The highest BCUT2D eigenvalue weighted by Crippen LogP contribution is 2.49. The maximum absolute atomic E-state index is 12.5. The van der Waals surface area contributed by atoms with Crippen molar-refractivity contribution in [3.63, 3.8) is 0 Å². The van der Waals surface area contributed by atoms with Gasteiger partial charge in [0.05, 0.1) is 16.6 Å². The predicted molar refractivity (Wildman–Crippen MR) is 105 cm³/mol. The van der Waals surface area contributed by atoms with Crippen LogP contribution in [0.15, 0.2) is 16.6 Å². The van der Waals surface area contributed by atoms with E-state index < -0.39 is 0 Å². The van der Waals surface area contributed by atoms with Gasteiger partial charge in [-0.25, -0.2) is 0 Å². The largest absolute Gasteiger partial charge is 0.492 e. The van der Waals surface area contributed by atoms with Crippen LogP contribution in [0.25, 0.3) is 5.57 Å². The first kappa shape index (κ1) is 19.2. The van der Waals surface area contributed by atoms with Gasteiger partial charge in [-0.1, -0.05) is 40.7 Å². The van der Waals surface area contributed by atoms with Crippen molar-refractivity contribution < 1.29 is 9.53 Å². The zero-order chi connectivity index (χ0) is 18.1. The summed E-state index contributed by atoms with van der Waals surface area (Å²) in [4.78, 5) is 12.5. The monoisotopic (exact) mass is 392 g/mol. The number of ketones is 1. The molecular weight excluding hydrogens is 364 g/mol. The highest BCUT2D eigenvalue weighted by atomic mass is 79.9. The number of hydrogen-bond donors (Lipinski definition) is 0. The third-order valence-electron chi connectivity index (χ3n) is 5.10. The summed E-state index contributed by atoms with van der Waals surface area (Å²) in [6.07, 6.45) is 4.94. The molecule has 3 heteroatoms. The zero-order valence-electron chi connectivity index (χ0n) is 15.8. The fourth-order valence-electron chi connectivity index (χ4n) is 3.47. The van der Waals surface area contributed by atoms with Crippen LogP contribution in [-0.4, -0.2) is 12.4 Å². The number of Topliss-reactive ketones (excluding diaryl/α,β-unsaturated/α-hetero) is 1. The molecule has 1 aliphatic carbocycles. The molecule has 1 aromatic rings. The van der Waals surface area contributed by atoms with E-state index in [4.69, 9.17) is 4.74 Å². The molecule has 0 aromatic heterocycles. The molecule has 1 aromatic carbocycles. The Morgan fingerprint density at radius 1 is 1.33 bits per heavy atom. The van der Waals surface area contributed by atoms with E-state index in [0.29, 0.717) is 30.3 Å². The van der Waals surface area contributed by atoms with Gasteiger partial charge >= 0.3 is 0 Å². The zero-order valence-corrected chi connectivity index (χ0v) is 17.3. The smallest absolute Gasteiger partial charge is 0.166 e. The first-order chi connectivity index (χ1) is 11.3. The Morgan fingerprint density at radius 2 is 2.00 bits per heavy atom. The fraction of sp³-hybridized carbons (Fsp3) is 0.571. The van der Waals surface area contributed by atoms with Crippen molar-refractivity contribution in [2.45, 2.75) is 66.2 Å². The highest BCUT2D eigenvalue weighted by molar-refractivity contribution is 9.10. The summed E-state index contributed by atoms with van der Waals surface area (Å²) in [5, 5.41) is 0. The van der Waals surface area contributed by atoms with E-state index in [-0.39, 0.29) is 11.2 Å². The maximum Gasteiger partial charge on any atom is 0.166 e. The molecule has 0 saturated carbocycles. The van der Waals surface area contributed by atoms with Gasteiger partial charge in [-0.3, -0.25) is 4.79 Å². The number of allylic oxidation sites excluding steroid dienone is 2. The van der Waals surface area contributed by atoms with Gasteiger partial charge in [-0.2, -0.15) is 0 Å². The summed E-state index contributed by atoms with van der Waals surface area (Å²) in [6.45, 7) is 13.4.